The first-order valence-corrected chi connectivity index (χ1v) is 11.0. The van der Waals surface area contributed by atoms with E-state index in [1.54, 1.807) is 12.1 Å². The van der Waals surface area contributed by atoms with Crippen LogP contribution in [0.5, 0.6) is 0 Å². The van der Waals surface area contributed by atoms with E-state index in [1.165, 1.54) is 17.2 Å². The summed E-state index contributed by atoms with van der Waals surface area (Å²) in [4.78, 5) is 34.2. The molecule has 0 bridgehead atoms. The van der Waals surface area contributed by atoms with Crippen molar-refractivity contribution in [2.45, 2.75) is 38.1 Å². The summed E-state index contributed by atoms with van der Waals surface area (Å²) in [6.45, 7) is -0.773. The first-order chi connectivity index (χ1) is 17.4. The zero-order valence-electron chi connectivity index (χ0n) is 19.4. The minimum absolute atomic E-state index is 0. The Balaban J connectivity index is 0.00000400. The second kappa shape index (κ2) is 11.4. The van der Waals surface area contributed by atoms with E-state index in [1.807, 2.05) is 0 Å². The van der Waals surface area contributed by atoms with Crippen LogP contribution in [-0.4, -0.2) is 43.8 Å². The quantitative estimate of drug-likeness (QED) is 0.352. The number of nitrogens with zero attached hydrogens (tertiary/aromatic N) is 4. The zero-order chi connectivity index (χ0) is 26.9. The van der Waals surface area contributed by atoms with E-state index in [-0.39, 0.29) is 62.0 Å². The van der Waals surface area contributed by atoms with Crippen LogP contribution >= 0.6 is 12.4 Å². The number of alkyl halides is 3. The SMILES string of the molecule is Cl.N[C@@H](CC(=O)N1CCn2c(C(F)(F)F)nc(C(=O)Nc3ccccn3)c2C1)Cc1cc(F)c(F)cc1F. The summed E-state index contributed by atoms with van der Waals surface area (Å²) in [5.74, 6) is -6.33. The molecule has 0 spiro atoms. The standard InChI is InChI=1S/C23H20F6N6O2.ClH/c24-14-10-16(26)15(25)8-12(14)7-13(30)9-19(36)34-5-6-35-17(11-34)20(33-22(35)23(27,28)29)21(37)32-18-3-1-2-4-31-18;/h1-4,8,10,13H,5-7,9,11,30H2,(H,31,32,37);1H/t13-;/m1./s1. The highest BCUT2D eigenvalue weighted by atomic mass is 35.5. The molecule has 0 radical (unpaired) electrons. The van der Waals surface area contributed by atoms with Crippen LogP contribution in [0.25, 0.3) is 0 Å². The van der Waals surface area contributed by atoms with Gasteiger partial charge in [0.15, 0.2) is 17.3 Å². The molecule has 1 atom stereocenters. The van der Waals surface area contributed by atoms with Crippen LogP contribution in [0, 0.1) is 17.5 Å². The van der Waals surface area contributed by atoms with Gasteiger partial charge in [0.05, 0.1) is 12.2 Å². The van der Waals surface area contributed by atoms with Gasteiger partial charge in [-0.3, -0.25) is 9.59 Å². The Morgan fingerprint density at radius 2 is 1.79 bits per heavy atom. The predicted molar refractivity (Wildman–Crippen MR) is 125 cm³/mol. The normalized spacial score (nSPS) is 13.9. The van der Waals surface area contributed by atoms with E-state index in [4.69, 9.17) is 5.73 Å². The molecule has 2 amide bonds. The molecule has 3 aromatic rings. The summed E-state index contributed by atoms with van der Waals surface area (Å²) in [5.41, 5.74) is 5.06. The van der Waals surface area contributed by atoms with Gasteiger partial charge in [-0.15, -0.1) is 12.4 Å². The fourth-order valence-electron chi connectivity index (χ4n) is 4.02. The van der Waals surface area contributed by atoms with Crippen molar-refractivity contribution in [3.8, 4) is 0 Å². The Morgan fingerprint density at radius 1 is 1.08 bits per heavy atom. The van der Waals surface area contributed by atoms with Crippen molar-refractivity contribution in [3.63, 3.8) is 0 Å². The van der Waals surface area contributed by atoms with Gasteiger partial charge in [-0.1, -0.05) is 6.07 Å². The highest BCUT2D eigenvalue weighted by Crippen LogP contribution is 2.32. The van der Waals surface area contributed by atoms with Crippen molar-refractivity contribution in [1.29, 1.82) is 0 Å². The molecule has 4 rings (SSSR count). The van der Waals surface area contributed by atoms with Gasteiger partial charge in [0.2, 0.25) is 11.7 Å². The average Bonchev–Trinajstić information content (AvgIpc) is 3.23. The molecule has 38 heavy (non-hydrogen) atoms. The van der Waals surface area contributed by atoms with Gasteiger partial charge in [0.1, 0.15) is 11.6 Å². The lowest BCUT2D eigenvalue weighted by Gasteiger charge is -2.30. The number of rotatable bonds is 6. The van der Waals surface area contributed by atoms with Crippen LogP contribution in [0.1, 0.15) is 34.0 Å². The Bertz CT molecular complexity index is 1330. The summed E-state index contributed by atoms with van der Waals surface area (Å²) >= 11 is 0. The number of amides is 2. The maximum Gasteiger partial charge on any atom is 0.449 e. The molecular weight excluding hydrogens is 542 g/mol. The summed E-state index contributed by atoms with van der Waals surface area (Å²) < 4.78 is 82.1. The summed E-state index contributed by atoms with van der Waals surface area (Å²) in [6.07, 6.45) is -4.10. The minimum Gasteiger partial charge on any atom is -0.335 e. The number of imidazole rings is 1. The molecule has 0 aliphatic carbocycles. The predicted octanol–water partition coefficient (Wildman–Crippen LogP) is 3.69. The number of aromatic nitrogens is 3. The van der Waals surface area contributed by atoms with E-state index in [0.717, 1.165) is 4.57 Å². The molecule has 3 heterocycles. The van der Waals surface area contributed by atoms with Crippen molar-refractivity contribution >= 4 is 30.0 Å². The lowest BCUT2D eigenvalue weighted by molar-refractivity contribution is -0.148. The molecular formula is C23H21ClF6N6O2. The van der Waals surface area contributed by atoms with E-state index in [9.17, 15) is 35.9 Å². The number of pyridine rings is 1. The van der Waals surface area contributed by atoms with Crippen molar-refractivity contribution < 1.29 is 35.9 Å². The first kappa shape index (κ1) is 28.9. The molecule has 1 aliphatic heterocycles. The second-order valence-electron chi connectivity index (χ2n) is 8.39. The van der Waals surface area contributed by atoms with Crippen LogP contribution in [0.3, 0.4) is 0 Å². The van der Waals surface area contributed by atoms with Crippen molar-refractivity contribution in [2.75, 3.05) is 11.9 Å². The van der Waals surface area contributed by atoms with Crippen molar-refractivity contribution in [1.82, 2.24) is 19.4 Å². The number of nitrogens with two attached hydrogens (primary N) is 1. The summed E-state index contributed by atoms with van der Waals surface area (Å²) in [6, 6.07) is 4.64. The molecule has 3 N–H and O–H groups in total. The van der Waals surface area contributed by atoms with Gasteiger partial charge in [-0.05, 0) is 30.2 Å². The number of anilines is 1. The molecule has 0 unspecified atom stereocenters. The highest BCUT2D eigenvalue weighted by molar-refractivity contribution is 6.03. The third kappa shape index (κ3) is 6.25. The summed E-state index contributed by atoms with van der Waals surface area (Å²) in [5, 5.41) is 2.38. The molecule has 1 aromatic carbocycles. The maximum absolute atomic E-state index is 13.9. The zero-order valence-corrected chi connectivity index (χ0v) is 20.3. The fraction of sp³-hybridized carbons (Fsp3) is 0.304. The van der Waals surface area contributed by atoms with Crippen molar-refractivity contribution in [2.24, 2.45) is 5.73 Å². The number of fused-ring (bicyclic) bond motifs is 1. The number of halogens is 7. The molecule has 0 fully saturated rings. The number of nitrogens with one attached hydrogen (secondary N) is 1. The van der Waals surface area contributed by atoms with E-state index in [0.29, 0.717) is 12.1 Å². The van der Waals surface area contributed by atoms with Gasteiger partial charge >= 0.3 is 6.18 Å². The Labute approximate surface area is 218 Å². The Hall–Kier alpha value is -3.65. The Kier molecular flexibility index (Phi) is 8.67. The summed E-state index contributed by atoms with van der Waals surface area (Å²) in [7, 11) is 0. The number of hydrogen-bond acceptors (Lipinski definition) is 5. The lowest BCUT2D eigenvalue weighted by Crippen LogP contribution is -2.42. The lowest BCUT2D eigenvalue weighted by atomic mass is 10.0. The molecule has 8 nitrogen and oxygen atoms in total. The number of carbonyl (C=O) groups is 2. The topological polar surface area (TPSA) is 106 Å². The van der Waals surface area contributed by atoms with E-state index in [2.05, 4.69) is 15.3 Å². The Morgan fingerprint density at radius 3 is 2.45 bits per heavy atom. The van der Waals surface area contributed by atoms with Crippen molar-refractivity contribution in [3.05, 3.63) is 76.8 Å². The first-order valence-electron chi connectivity index (χ1n) is 11.0. The second-order valence-corrected chi connectivity index (χ2v) is 8.39. The number of carbonyl (C=O) groups excluding carboxylic acids is 2. The molecule has 15 heteroatoms. The number of hydrogen-bond donors (Lipinski definition) is 2. The monoisotopic (exact) mass is 562 g/mol. The third-order valence-corrected chi connectivity index (χ3v) is 5.74. The van der Waals surface area contributed by atoms with Gasteiger partial charge in [0, 0.05) is 37.8 Å². The van der Waals surface area contributed by atoms with Crippen LogP contribution < -0.4 is 11.1 Å². The average molecular weight is 563 g/mol. The molecule has 1 aliphatic rings. The minimum atomic E-state index is -4.85. The van der Waals surface area contributed by atoms with Gasteiger partial charge in [0.25, 0.3) is 5.91 Å². The maximum atomic E-state index is 13.9. The molecule has 0 saturated heterocycles. The molecule has 0 saturated carbocycles. The van der Waals surface area contributed by atoms with Crippen LogP contribution in [0.2, 0.25) is 0 Å². The van der Waals surface area contributed by atoms with Crippen LogP contribution in [0.15, 0.2) is 36.5 Å². The number of benzene rings is 1. The van der Waals surface area contributed by atoms with E-state index < -0.39 is 53.0 Å². The van der Waals surface area contributed by atoms with Crippen LogP contribution in [-0.2, 0) is 30.5 Å². The third-order valence-electron chi connectivity index (χ3n) is 5.74. The largest absolute Gasteiger partial charge is 0.449 e. The fourth-order valence-corrected chi connectivity index (χ4v) is 4.02. The molecule has 204 valence electrons. The van der Waals surface area contributed by atoms with Crippen LogP contribution in [0.4, 0.5) is 32.2 Å². The molecule has 2 aromatic heterocycles. The van der Waals surface area contributed by atoms with Gasteiger partial charge in [-0.25, -0.2) is 23.1 Å². The van der Waals surface area contributed by atoms with Gasteiger partial charge < -0.3 is 20.5 Å². The highest BCUT2D eigenvalue weighted by Gasteiger charge is 2.41. The van der Waals surface area contributed by atoms with Gasteiger partial charge in [-0.2, -0.15) is 13.2 Å². The van der Waals surface area contributed by atoms with E-state index >= 15 is 0 Å². The smallest absolute Gasteiger partial charge is 0.335 e.